The molecule has 0 aliphatic carbocycles. The van der Waals surface area contributed by atoms with Crippen LogP contribution in [-0.4, -0.2) is 53.4 Å². The molecule has 25 heavy (non-hydrogen) atoms. The number of esters is 1. The number of methoxy groups -OCH3 is 1. The van der Waals surface area contributed by atoms with Crippen molar-refractivity contribution in [1.82, 2.24) is 4.90 Å². The van der Waals surface area contributed by atoms with E-state index in [0.717, 1.165) is 5.56 Å². The lowest BCUT2D eigenvalue weighted by molar-refractivity contribution is -0.150. The van der Waals surface area contributed by atoms with Gasteiger partial charge >= 0.3 is 12.1 Å². The van der Waals surface area contributed by atoms with Crippen molar-refractivity contribution < 1.29 is 23.9 Å². The van der Waals surface area contributed by atoms with Gasteiger partial charge in [-0.25, -0.2) is 4.79 Å². The van der Waals surface area contributed by atoms with Gasteiger partial charge in [-0.05, 0) is 18.4 Å². The van der Waals surface area contributed by atoms with E-state index in [-0.39, 0.29) is 18.5 Å². The molecule has 2 aliphatic heterocycles. The maximum absolute atomic E-state index is 12.2. The molecular weight excluding hydrogens is 342 g/mol. The number of benzene rings is 1. The lowest BCUT2D eigenvalue weighted by Crippen LogP contribution is -2.50. The van der Waals surface area contributed by atoms with Crippen molar-refractivity contribution in [3.8, 4) is 0 Å². The summed E-state index contributed by atoms with van der Waals surface area (Å²) in [5.74, 6) is -0.921. The molecule has 7 heteroatoms. The Kier molecular flexibility index (Phi) is 5.32. The van der Waals surface area contributed by atoms with Gasteiger partial charge in [0, 0.05) is 17.8 Å². The van der Waals surface area contributed by atoms with Crippen molar-refractivity contribution in [2.75, 3.05) is 26.0 Å². The minimum atomic E-state index is -0.718. The number of rotatable bonds is 3. The molecular formula is C18H21NO5S. The Bertz CT molecular complexity index is 655. The molecule has 1 amide bonds. The minimum Gasteiger partial charge on any atom is -0.468 e. The average Bonchev–Trinajstić information content (AvgIpc) is 2.96. The van der Waals surface area contributed by atoms with Crippen LogP contribution in [0.3, 0.4) is 0 Å². The zero-order chi connectivity index (χ0) is 17.9. The van der Waals surface area contributed by atoms with Crippen LogP contribution in [0.25, 0.3) is 0 Å². The van der Waals surface area contributed by atoms with E-state index >= 15 is 0 Å². The molecule has 134 valence electrons. The van der Waals surface area contributed by atoms with Crippen LogP contribution in [0.15, 0.2) is 30.3 Å². The molecule has 0 N–H and O–H groups in total. The van der Waals surface area contributed by atoms with Crippen molar-refractivity contribution in [1.29, 1.82) is 0 Å². The third-order valence-corrected chi connectivity index (χ3v) is 6.51. The second-order valence-electron chi connectivity index (χ2n) is 6.30. The molecule has 0 aromatic heterocycles. The number of piperidine rings is 1. The fourth-order valence-corrected chi connectivity index (χ4v) is 4.91. The maximum atomic E-state index is 12.2. The number of hydrogen-bond donors (Lipinski definition) is 0. The summed E-state index contributed by atoms with van der Waals surface area (Å²) in [6.07, 6.45) is 0.815. The number of carbonyl (C=O) groups is 3. The molecule has 6 nitrogen and oxygen atoms in total. The highest BCUT2D eigenvalue weighted by Gasteiger charge is 2.54. The number of ketones is 1. The van der Waals surface area contributed by atoms with Crippen LogP contribution >= 0.6 is 11.8 Å². The smallest absolute Gasteiger partial charge is 0.410 e. The van der Waals surface area contributed by atoms with Gasteiger partial charge in [-0.2, -0.15) is 0 Å². The lowest BCUT2D eigenvalue weighted by Gasteiger charge is -2.40. The van der Waals surface area contributed by atoms with Gasteiger partial charge in [-0.3, -0.25) is 9.59 Å². The predicted octanol–water partition coefficient (Wildman–Crippen LogP) is 2.26. The normalized spacial score (nSPS) is 22.0. The summed E-state index contributed by atoms with van der Waals surface area (Å²) in [7, 11) is 1.31. The number of nitrogens with zero attached hydrogens (tertiary/aromatic N) is 1. The molecule has 2 heterocycles. The van der Waals surface area contributed by atoms with Crippen LogP contribution in [-0.2, 0) is 25.7 Å². The summed E-state index contributed by atoms with van der Waals surface area (Å²) >= 11 is 1.52. The first kappa shape index (κ1) is 17.8. The van der Waals surface area contributed by atoms with Gasteiger partial charge in [0.25, 0.3) is 0 Å². The van der Waals surface area contributed by atoms with Gasteiger partial charge < -0.3 is 14.4 Å². The largest absolute Gasteiger partial charge is 0.468 e. The van der Waals surface area contributed by atoms with Crippen LogP contribution in [0.2, 0.25) is 0 Å². The molecule has 2 aliphatic rings. The summed E-state index contributed by atoms with van der Waals surface area (Å²) in [6.45, 7) is 1.18. The maximum Gasteiger partial charge on any atom is 0.410 e. The first-order chi connectivity index (χ1) is 12.1. The monoisotopic (exact) mass is 363 g/mol. The number of thioether (sulfide) groups is 1. The molecule has 1 unspecified atom stereocenters. The minimum absolute atomic E-state index is 0.0723. The molecule has 3 rings (SSSR count). The first-order valence-electron chi connectivity index (χ1n) is 8.26. The van der Waals surface area contributed by atoms with E-state index in [9.17, 15) is 14.4 Å². The Labute approximate surface area is 150 Å². The van der Waals surface area contributed by atoms with Crippen molar-refractivity contribution in [3.63, 3.8) is 0 Å². The predicted molar refractivity (Wildman–Crippen MR) is 93.1 cm³/mol. The van der Waals surface area contributed by atoms with E-state index in [1.165, 1.54) is 18.9 Å². The van der Waals surface area contributed by atoms with E-state index < -0.39 is 16.6 Å². The SMILES string of the molecule is COC(=O)C1C(=O)CSC12CCN(C(=O)OCc1ccccc1)CC2. The van der Waals surface area contributed by atoms with Crippen molar-refractivity contribution in [3.05, 3.63) is 35.9 Å². The molecule has 1 spiro atoms. The van der Waals surface area contributed by atoms with Gasteiger partial charge in [0.05, 0.1) is 12.9 Å². The third-order valence-electron chi connectivity index (χ3n) is 4.86. The van der Waals surface area contributed by atoms with Crippen LogP contribution < -0.4 is 0 Å². The third kappa shape index (κ3) is 3.66. The Morgan fingerprint density at radius 3 is 2.56 bits per heavy atom. The summed E-state index contributed by atoms with van der Waals surface area (Å²) in [5.41, 5.74) is 0.937. The van der Waals surface area contributed by atoms with Crippen LogP contribution in [0.1, 0.15) is 18.4 Å². The number of hydrogen-bond acceptors (Lipinski definition) is 6. The molecule has 2 saturated heterocycles. The molecule has 0 radical (unpaired) electrons. The second-order valence-corrected chi connectivity index (χ2v) is 7.69. The molecule has 2 fully saturated rings. The molecule has 1 atom stereocenters. The van der Waals surface area contributed by atoms with E-state index in [4.69, 9.17) is 9.47 Å². The van der Waals surface area contributed by atoms with Gasteiger partial charge in [-0.1, -0.05) is 30.3 Å². The second kappa shape index (κ2) is 7.47. The number of ether oxygens (including phenoxy) is 2. The number of carbonyl (C=O) groups excluding carboxylic acids is 3. The summed E-state index contributed by atoms with van der Waals surface area (Å²) in [4.78, 5) is 38.0. The van der Waals surface area contributed by atoms with Crippen LogP contribution in [0.5, 0.6) is 0 Å². The van der Waals surface area contributed by atoms with E-state index in [1.807, 2.05) is 30.3 Å². The topological polar surface area (TPSA) is 72.9 Å². The van der Waals surface area contributed by atoms with Crippen LogP contribution in [0.4, 0.5) is 4.79 Å². The van der Waals surface area contributed by atoms with E-state index in [0.29, 0.717) is 31.7 Å². The van der Waals surface area contributed by atoms with Crippen molar-refractivity contribution >= 4 is 29.6 Å². The average molecular weight is 363 g/mol. The van der Waals surface area contributed by atoms with Gasteiger partial charge in [0.2, 0.25) is 0 Å². The highest BCUT2D eigenvalue weighted by molar-refractivity contribution is 8.01. The highest BCUT2D eigenvalue weighted by Crippen LogP contribution is 2.48. The number of amides is 1. The zero-order valence-corrected chi connectivity index (χ0v) is 14.9. The van der Waals surface area contributed by atoms with E-state index in [2.05, 4.69) is 0 Å². The Morgan fingerprint density at radius 2 is 1.92 bits per heavy atom. The molecule has 0 bridgehead atoms. The van der Waals surface area contributed by atoms with Crippen molar-refractivity contribution in [2.24, 2.45) is 5.92 Å². The Hall–Kier alpha value is -2.02. The quantitative estimate of drug-likeness (QED) is 0.606. The first-order valence-corrected chi connectivity index (χ1v) is 9.24. The standard InChI is InChI=1S/C18H21NO5S/c1-23-16(21)15-14(20)12-25-18(15)7-9-19(10-8-18)17(22)24-11-13-5-3-2-4-6-13/h2-6,15H,7-12H2,1H3. The van der Waals surface area contributed by atoms with Gasteiger partial charge in [0.15, 0.2) is 5.78 Å². The Morgan fingerprint density at radius 1 is 1.24 bits per heavy atom. The summed E-state index contributed by atoms with van der Waals surface area (Å²) < 4.78 is 9.73. The summed E-state index contributed by atoms with van der Waals surface area (Å²) in [5, 5.41) is 0. The fourth-order valence-electron chi connectivity index (χ4n) is 3.45. The zero-order valence-electron chi connectivity index (χ0n) is 14.1. The van der Waals surface area contributed by atoms with Gasteiger partial charge in [0.1, 0.15) is 12.5 Å². The van der Waals surface area contributed by atoms with E-state index in [1.54, 1.807) is 4.90 Å². The fraction of sp³-hybridized carbons (Fsp3) is 0.500. The Balaban J connectivity index is 1.57. The number of likely N-dealkylation sites (tertiary alicyclic amines) is 1. The summed E-state index contributed by atoms with van der Waals surface area (Å²) in [6, 6.07) is 9.51. The van der Waals surface area contributed by atoms with Crippen LogP contribution in [0, 0.1) is 5.92 Å². The number of Topliss-reactive ketones (excluding diaryl/α,β-unsaturated/α-hetero) is 1. The lowest BCUT2D eigenvalue weighted by atomic mass is 9.81. The molecule has 0 saturated carbocycles. The molecule has 1 aromatic carbocycles. The highest BCUT2D eigenvalue weighted by atomic mass is 32.2. The molecule has 1 aromatic rings. The van der Waals surface area contributed by atoms with Crippen molar-refractivity contribution in [2.45, 2.75) is 24.2 Å². The van der Waals surface area contributed by atoms with Gasteiger partial charge in [-0.15, -0.1) is 11.8 Å².